The van der Waals surface area contributed by atoms with Crippen LogP contribution in [-0.4, -0.2) is 52.6 Å². The number of allylic oxidation sites excluding steroid dienone is 4. The topological polar surface area (TPSA) is 79.2 Å². The first-order valence-electron chi connectivity index (χ1n) is 16.2. The van der Waals surface area contributed by atoms with Gasteiger partial charge in [0, 0.05) is 0 Å². The summed E-state index contributed by atoms with van der Waals surface area (Å²) in [5.74, 6) is 4.80. The Morgan fingerprint density at radius 3 is 2.41 bits per heavy atom. The van der Waals surface area contributed by atoms with Crippen molar-refractivity contribution in [2.45, 2.75) is 130 Å². The maximum absolute atomic E-state index is 10.4. The van der Waals surface area contributed by atoms with Crippen LogP contribution in [0.1, 0.15) is 99.3 Å². The lowest BCUT2D eigenvalue weighted by Crippen LogP contribution is -2.55. The van der Waals surface area contributed by atoms with Gasteiger partial charge in [0.1, 0.15) is 18.3 Å². The minimum absolute atomic E-state index is 0.00258. The van der Waals surface area contributed by atoms with Crippen LogP contribution >= 0.6 is 0 Å². The minimum atomic E-state index is -1.22. The third-order valence-electron chi connectivity index (χ3n) is 12.5. The fraction of sp³-hybridized carbons (Fsp3) is 0.882. The molecule has 1 saturated heterocycles. The number of aliphatic hydroxyl groups excluding tert-OH is 3. The normalized spacial score (nSPS) is 47.8. The number of rotatable bonds is 7. The molecule has 4 fully saturated rings. The number of hydrogen-bond acceptors (Lipinski definition) is 5. The molecule has 5 rings (SSSR count). The van der Waals surface area contributed by atoms with Gasteiger partial charge in [0.2, 0.25) is 0 Å². The molecule has 1 aliphatic heterocycles. The van der Waals surface area contributed by atoms with E-state index in [-0.39, 0.29) is 12.7 Å². The molecule has 5 nitrogen and oxygen atoms in total. The van der Waals surface area contributed by atoms with Crippen LogP contribution < -0.4 is 0 Å². The van der Waals surface area contributed by atoms with Crippen LogP contribution in [0.3, 0.4) is 0 Å². The molecule has 4 aliphatic carbocycles. The molecule has 0 aromatic carbocycles. The molecule has 0 bridgehead atoms. The Labute approximate surface area is 237 Å². The lowest BCUT2D eigenvalue weighted by molar-refractivity contribution is -0.288. The Bertz CT molecular complexity index is 913. The highest BCUT2D eigenvalue weighted by Gasteiger charge is 2.58. The van der Waals surface area contributed by atoms with Gasteiger partial charge in [0.15, 0.2) is 6.29 Å². The van der Waals surface area contributed by atoms with E-state index in [1.54, 1.807) is 5.57 Å². The monoisotopic (exact) mass is 544 g/mol. The third kappa shape index (κ3) is 5.33. The lowest BCUT2D eigenvalue weighted by Gasteiger charge is -2.58. The molecule has 39 heavy (non-hydrogen) atoms. The first-order chi connectivity index (χ1) is 18.5. The summed E-state index contributed by atoms with van der Waals surface area (Å²) in [6.07, 6.45) is 14.2. The van der Waals surface area contributed by atoms with Gasteiger partial charge in [-0.15, -0.1) is 0 Å². The second-order valence-electron chi connectivity index (χ2n) is 14.8. The van der Waals surface area contributed by atoms with E-state index >= 15 is 0 Å². The van der Waals surface area contributed by atoms with E-state index < -0.39 is 24.6 Å². The molecule has 5 heteroatoms. The lowest BCUT2D eigenvalue weighted by atomic mass is 9.47. The molecule has 0 spiro atoms. The van der Waals surface area contributed by atoms with Gasteiger partial charge >= 0.3 is 0 Å². The van der Waals surface area contributed by atoms with Crippen LogP contribution in [0, 0.1) is 52.3 Å². The predicted molar refractivity (Wildman–Crippen MR) is 155 cm³/mol. The average Bonchev–Trinajstić information content (AvgIpc) is 3.26. The smallest absolute Gasteiger partial charge is 0.186 e. The average molecular weight is 545 g/mol. The van der Waals surface area contributed by atoms with Gasteiger partial charge in [-0.25, -0.2) is 0 Å². The highest BCUT2D eigenvalue weighted by atomic mass is 16.7. The van der Waals surface area contributed by atoms with Gasteiger partial charge in [-0.1, -0.05) is 65.3 Å². The molecule has 1 heterocycles. The molecule has 0 aromatic rings. The second-order valence-corrected chi connectivity index (χ2v) is 14.8. The summed E-state index contributed by atoms with van der Waals surface area (Å²) in [5, 5.41) is 30.2. The van der Waals surface area contributed by atoms with Crippen molar-refractivity contribution in [3.05, 3.63) is 23.8 Å². The van der Waals surface area contributed by atoms with Crippen molar-refractivity contribution in [1.29, 1.82) is 0 Å². The molecular formula is C34H56O5. The molecule has 13 unspecified atom stereocenters. The van der Waals surface area contributed by atoms with E-state index in [4.69, 9.17) is 9.47 Å². The van der Waals surface area contributed by atoms with Crippen molar-refractivity contribution in [1.82, 2.24) is 0 Å². The summed E-state index contributed by atoms with van der Waals surface area (Å²) in [7, 11) is 0. The van der Waals surface area contributed by atoms with Crippen molar-refractivity contribution in [3.8, 4) is 0 Å². The number of aliphatic hydroxyl groups is 3. The molecule has 5 aliphatic rings. The third-order valence-corrected chi connectivity index (χ3v) is 12.5. The van der Waals surface area contributed by atoms with Crippen molar-refractivity contribution in [2.24, 2.45) is 52.3 Å². The molecule has 222 valence electrons. The van der Waals surface area contributed by atoms with E-state index in [1.807, 2.05) is 0 Å². The van der Waals surface area contributed by atoms with E-state index in [2.05, 4.69) is 59.8 Å². The molecular weight excluding hydrogens is 488 g/mol. The van der Waals surface area contributed by atoms with Crippen molar-refractivity contribution >= 4 is 0 Å². The van der Waals surface area contributed by atoms with Crippen LogP contribution in [0.5, 0.6) is 0 Å². The maximum Gasteiger partial charge on any atom is 0.186 e. The highest BCUT2D eigenvalue weighted by Crippen LogP contribution is 2.67. The van der Waals surface area contributed by atoms with E-state index in [0.717, 1.165) is 37.5 Å². The molecule has 0 amide bonds. The van der Waals surface area contributed by atoms with Gasteiger partial charge in [-0.2, -0.15) is 0 Å². The van der Waals surface area contributed by atoms with Crippen LogP contribution in [0.15, 0.2) is 23.8 Å². The predicted octanol–water partition coefficient (Wildman–Crippen LogP) is 6.26. The molecule has 0 aromatic heterocycles. The Hall–Kier alpha value is -0.720. The number of fused-ring (bicyclic) bond motifs is 5. The van der Waals surface area contributed by atoms with E-state index in [1.165, 1.54) is 32.1 Å². The largest absolute Gasteiger partial charge is 0.388 e. The van der Waals surface area contributed by atoms with Gasteiger partial charge in [0.05, 0.1) is 12.7 Å². The fourth-order valence-corrected chi connectivity index (χ4v) is 9.87. The Morgan fingerprint density at radius 1 is 0.974 bits per heavy atom. The zero-order chi connectivity index (χ0) is 28.1. The summed E-state index contributed by atoms with van der Waals surface area (Å²) in [6, 6.07) is 0. The molecule has 3 N–H and O–H groups in total. The summed E-state index contributed by atoms with van der Waals surface area (Å²) in [4.78, 5) is 0. The zero-order valence-corrected chi connectivity index (χ0v) is 25.4. The molecule has 0 radical (unpaired) electrons. The SMILES string of the molecule is CCC(C=CC(C)C1CCC2C3=CCC4CC(OC5OCC(O)C(O)C5O)CCC4(C)C3CCC21C)C(C)C. The molecule has 13 atom stereocenters. The Morgan fingerprint density at radius 2 is 1.69 bits per heavy atom. The zero-order valence-electron chi connectivity index (χ0n) is 25.4. The maximum atomic E-state index is 10.4. The summed E-state index contributed by atoms with van der Waals surface area (Å²) < 4.78 is 11.8. The highest BCUT2D eigenvalue weighted by molar-refractivity contribution is 5.28. The standard InChI is InChI=1S/C34H56O5/c1-7-22(20(2)3)9-8-21(4)26-12-13-27-25-11-10-23-18-24(39-32-31(37)30(36)29(35)19-38-32)14-16-33(23,5)28(25)15-17-34(26,27)6/h8-9,11,20-24,26-32,35-37H,7,10,12-19H2,1-6H3. The number of hydrogen-bond donors (Lipinski definition) is 3. The quantitative estimate of drug-likeness (QED) is 0.330. The summed E-state index contributed by atoms with van der Waals surface area (Å²) >= 11 is 0. The Kier molecular flexibility index (Phi) is 8.79. The summed E-state index contributed by atoms with van der Waals surface area (Å²) in [5.41, 5.74) is 2.51. The van der Waals surface area contributed by atoms with Gasteiger partial charge in [-0.05, 0) is 110 Å². The second kappa shape index (κ2) is 11.5. The van der Waals surface area contributed by atoms with Gasteiger partial charge in [-0.3, -0.25) is 0 Å². The van der Waals surface area contributed by atoms with Gasteiger partial charge in [0.25, 0.3) is 0 Å². The van der Waals surface area contributed by atoms with E-state index in [0.29, 0.717) is 40.4 Å². The fourth-order valence-electron chi connectivity index (χ4n) is 9.87. The minimum Gasteiger partial charge on any atom is -0.388 e. The molecule has 3 saturated carbocycles. The first kappa shape index (κ1) is 29.8. The van der Waals surface area contributed by atoms with E-state index in [9.17, 15) is 15.3 Å². The van der Waals surface area contributed by atoms with Crippen molar-refractivity contribution in [2.75, 3.05) is 6.61 Å². The van der Waals surface area contributed by atoms with Crippen LogP contribution in [0.2, 0.25) is 0 Å². The van der Waals surface area contributed by atoms with Gasteiger partial charge < -0.3 is 24.8 Å². The van der Waals surface area contributed by atoms with Crippen LogP contribution in [-0.2, 0) is 9.47 Å². The van der Waals surface area contributed by atoms with Crippen molar-refractivity contribution < 1.29 is 24.8 Å². The summed E-state index contributed by atoms with van der Waals surface area (Å²) in [6.45, 7) is 14.7. The van der Waals surface area contributed by atoms with Crippen LogP contribution in [0.25, 0.3) is 0 Å². The Balaban J connectivity index is 1.26. The number of ether oxygens (including phenoxy) is 2. The van der Waals surface area contributed by atoms with Crippen molar-refractivity contribution in [3.63, 3.8) is 0 Å². The van der Waals surface area contributed by atoms with Crippen LogP contribution in [0.4, 0.5) is 0 Å². The first-order valence-corrected chi connectivity index (χ1v) is 16.2.